The van der Waals surface area contributed by atoms with Crippen LogP contribution in [0.1, 0.15) is 23.9 Å². The fraction of sp³-hybridized carbons (Fsp3) is 0.353. The summed E-state index contributed by atoms with van der Waals surface area (Å²) < 4.78 is 13.8. The lowest BCUT2D eigenvalue weighted by molar-refractivity contribution is 0.552. The molecule has 6 heteroatoms. The minimum atomic E-state index is -0.320. The zero-order valence-electron chi connectivity index (χ0n) is 14.0. The Morgan fingerprint density at radius 3 is 2.70 bits per heavy atom. The van der Waals surface area contributed by atoms with E-state index in [1.54, 1.807) is 18.7 Å². The molecule has 2 rings (SSSR count). The van der Waals surface area contributed by atoms with Crippen LogP contribution < -0.4 is 5.32 Å². The van der Waals surface area contributed by atoms with E-state index in [2.05, 4.69) is 20.3 Å². The minimum absolute atomic E-state index is 0.320. The summed E-state index contributed by atoms with van der Waals surface area (Å²) >= 11 is 0. The first-order valence-corrected chi connectivity index (χ1v) is 7.55. The number of aromatic nitrogens is 2. The molecule has 0 spiro atoms. The van der Waals surface area contributed by atoms with Gasteiger partial charge in [0.15, 0.2) is 0 Å². The molecule has 1 N–H and O–H groups in total. The van der Waals surface area contributed by atoms with Gasteiger partial charge in [0.2, 0.25) is 0 Å². The average molecular weight is 315 g/mol. The first-order chi connectivity index (χ1) is 11.0. The van der Waals surface area contributed by atoms with Crippen molar-refractivity contribution in [1.82, 2.24) is 14.9 Å². The molecule has 0 fully saturated rings. The van der Waals surface area contributed by atoms with Gasteiger partial charge in [-0.1, -0.05) is 0 Å². The fourth-order valence-corrected chi connectivity index (χ4v) is 1.92. The maximum absolute atomic E-state index is 13.8. The Morgan fingerprint density at radius 1 is 1.26 bits per heavy atom. The average Bonchev–Trinajstić information content (AvgIpc) is 2.55. The van der Waals surface area contributed by atoms with Crippen LogP contribution in [0.4, 0.5) is 15.8 Å². The molecular weight excluding hydrogens is 293 g/mol. The van der Waals surface area contributed by atoms with Gasteiger partial charge in [-0.3, -0.25) is 9.97 Å². The van der Waals surface area contributed by atoms with Gasteiger partial charge in [0.1, 0.15) is 5.82 Å². The van der Waals surface area contributed by atoms with Crippen LogP contribution in [-0.4, -0.2) is 34.8 Å². The Labute approximate surface area is 136 Å². The SMILES string of the molecule is CCN(C)/C=N/c1cc(F)cc(NCc2cnc(C)cn2)c1C. The third-order valence-corrected chi connectivity index (χ3v) is 3.53. The maximum Gasteiger partial charge on any atom is 0.127 e. The van der Waals surface area contributed by atoms with Crippen LogP contribution in [0.3, 0.4) is 0 Å². The second-order valence-corrected chi connectivity index (χ2v) is 5.42. The van der Waals surface area contributed by atoms with Gasteiger partial charge < -0.3 is 10.2 Å². The van der Waals surface area contributed by atoms with E-state index in [1.807, 2.05) is 32.7 Å². The highest BCUT2D eigenvalue weighted by Crippen LogP contribution is 2.27. The van der Waals surface area contributed by atoms with E-state index in [1.165, 1.54) is 12.1 Å². The Morgan fingerprint density at radius 2 is 2.04 bits per heavy atom. The molecule has 0 bridgehead atoms. The summed E-state index contributed by atoms with van der Waals surface area (Å²) in [5.41, 5.74) is 3.89. The van der Waals surface area contributed by atoms with Crippen LogP contribution in [0.15, 0.2) is 29.5 Å². The summed E-state index contributed by atoms with van der Waals surface area (Å²) in [4.78, 5) is 14.8. The van der Waals surface area contributed by atoms with Crippen molar-refractivity contribution in [3.8, 4) is 0 Å². The first kappa shape index (κ1) is 16.9. The van der Waals surface area contributed by atoms with Gasteiger partial charge in [0.05, 0.1) is 36.2 Å². The molecule has 122 valence electrons. The maximum atomic E-state index is 13.8. The van der Waals surface area contributed by atoms with Crippen LogP contribution in [0.2, 0.25) is 0 Å². The van der Waals surface area contributed by atoms with E-state index >= 15 is 0 Å². The lowest BCUT2D eigenvalue weighted by Gasteiger charge is -2.13. The molecule has 23 heavy (non-hydrogen) atoms. The van der Waals surface area contributed by atoms with Gasteiger partial charge in [0, 0.05) is 25.5 Å². The van der Waals surface area contributed by atoms with E-state index in [0.717, 1.165) is 23.5 Å². The lowest BCUT2D eigenvalue weighted by Crippen LogP contribution is -2.14. The van der Waals surface area contributed by atoms with Crippen LogP contribution >= 0.6 is 0 Å². The van der Waals surface area contributed by atoms with Gasteiger partial charge in [0.25, 0.3) is 0 Å². The molecule has 1 aromatic heterocycles. The van der Waals surface area contributed by atoms with E-state index in [9.17, 15) is 4.39 Å². The van der Waals surface area contributed by atoms with Crippen molar-refractivity contribution in [2.75, 3.05) is 18.9 Å². The van der Waals surface area contributed by atoms with Gasteiger partial charge >= 0.3 is 0 Å². The van der Waals surface area contributed by atoms with Crippen molar-refractivity contribution < 1.29 is 4.39 Å². The number of rotatable bonds is 6. The quantitative estimate of drug-likeness (QED) is 0.655. The molecule has 1 heterocycles. The monoisotopic (exact) mass is 315 g/mol. The number of benzene rings is 1. The molecule has 0 saturated carbocycles. The highest BCUT2D eigenvalue weighted by molar-refractivity contribution is 5.68. The molecule has 0 atom stereocenters. The summed E-state index contributed by atoms with van der Waals surface area (Å²) in [6.07, 6.45) is 5.13. The fourth-order valence-electron chi connectivity index (χ4n) is 1.92. The lowest BCUT2D eigenvalue weighted by atomic mass is 10.1. The highest BCUT2D eigenvalue weighted by atomic mass is 19.1. The molecule has 0 aliphatic carbocycles. The van der Waals surface area contributed by atoms with Crippen molar-refractivity contribution >= 4 is 17.7 Å². The van der Waals surface area contributed by atoms with E-state index in [-0.39, 0.29) is 5.82 Å². The second-order valence-electron chi connectivity index (χ2n) is 5.42. The summed E-state index contributed by atoms with van der Waals surface area (Å²) in [5, 5.41) is 3.20. The molecule has 0 saturated heterocycles. The van der Waals surface area contributed by atoms with E-state index < -0.39 is 0 Å². The normalized spacial score (nSPS) is 11.0. The molecule has 0 amide bonds. The molecule has 0 aliphatic rings. The second kappa shape index (κ2) is 7.67. The van der Waals surface area contributed by atoms with Crippen molar-refractivity contribution in [3.63, 3.8) is 0 Å². The predicted octanol–water partition coefficient (Wildman–Crippen LogP) is 3.46. The molecule has 2 aromatic rings. The smallest absolute Gasteiger partial charge is 0.127 e. The largest absolute Gasteiger partial charge is 0.379 e. The Balaban J connectivity index is 2.16. The summed E-state index contributed by atoms with van der Waals surface area (Å²) in [7, 11) is 1.92. The Kier molecular flexibility index (Phi) is 5.62. The molecule has 1 aromatic carbocycles. The van der Waals surface area contributed by atoms with Crippen LogP contribution in [0, 0.1) is 19.7 Å². The summed E-state index contributed by atoms with van der Waals surface area (Å²) in [5.74, 6) is -0.320. The third kappa shape index (κ3) is 4.74. The number of aryl methyl sites for hydroxylation is 1. The topological polar surface area (TPSA) is 53.4 Å². The van der Waals surface area contributed by atoms with Crippen molar-refractivity contribution in [2.24, 2.45) is 4.99 Å². The van der Waals surface area contributed by atoms with Crippen LogP contribution in [0.25, 0.3) is 0 Å². The highest BCUT2D eigenvalue weighted by Gasteiger charge is 2.07. The number of nitrogens with one attached hydrogen (secondary N) is 1. The van der Waals surface area contributed by atoms with Gasteiger partial charge in [-0.2, -0.15) is 0 Å². The molecule has 0 radical (unpaired) electrons. The standard InChI is InChI=1S/C17H22FN5/c1-5-23(4)11-22-17-7-14(18)6-16(13(17)3)21-10-15-9-19-12(2)8-20-15/h6-9,11,21H,5,10H2,1-4H3/b22-11+. The zero-order valence-corrected chi connectivity index (χ0v) is 14.0. The Bertz CT molecular complexity index is 682. The van der Waals surface area contributed by atoms with Crippen LogP contribution in [0.5, 0.6) is 0 Å². The van der Waals surface area contributed by atoms with Gasteiger partial charge in [-0.05, 0) is 38.5 Å². The van der Waals surface area contributed by atoms with Gasteiger partial charge in [-0.15, -0.1) is 0 Å². The number of aliphatic imine (C=N–C) groups is 1. The van der Waals surface area contributed by atoms with Crippen molar-refractivity contribution in [2.45, 2.75) is 27.3 Å². The van der Waals surface area contributed by atoms with E-state index in [0.29, 0.717) is 17.9 Å². The molecule has 5 nitrogen and oxygen atoms in total. The molecular formula is C17H22FN5. The van der Waals surface area contributed by atoms with Gasteiger partial charge in [-0.25, -0.2) is 9.38 Å². The van der Waals surface area contributed by atoms with Crippen molar-refractivity contribution in [3.05, 3.63) is 47.3 Å². The minimum Gasteiger partial charge on any atom is -0.379 e. The number of nitrogens with zero attached hydrogens (tertiary/aromatic N) is 4. The number of halogens is 1. The predicted molar refractivity (Wildman–Crippen MR) is 91.7 cm³/mol. The number of hydrogen-bond acceptors (Lipinski definition) is 4. The number of hydrogen-bond donors (Lipinski definition) is 1. The summed E-state index contributed by atoms with van der Waals surface area (Å²) in [6, 6.07) is 2.91. The number of anilines is 1. The van der Waals surface area contributed by atoms with Crippen LogP contribution in [-0.2, 0) is 6.54 Å². The van der Waals surface area contributed by atoms with E-state index in [4.69, 9.17) is 0 Å². The molecule has 0 unspecified atom stereocenters. The zero-order chi connectivity index (χ0) is 16.8. The third-order valence-electron chi connectivity index (χ3n) is 3.53. The first-order valence-electron chi connectivity index (χ1n) is 7.55. The summed E-state index contributed by atoms with van der Waals surface area (Å²) in [6.45, 7) is 7.16. The Hall–Kier alpha value is -2.50. The van der Waals surface area contributed by atoms with Crippen molar-refractivity contribution in [1.29, 1.82) is 0 Å². The molecule has 0 aliphatic heterocycles.